The number of nitrogens with one attached hydrogen (secondary N) is 1. The van der Waals surface area contributed by atoms with Crippen molar-refractivity contribution in [2.45, 2.75) is 19.5 Å². The van der Waals surface area contributed by atoms with Gasteiger partial charge in [0.05, 0.1) is 36.6 Å². The van der Waals surface area contributed by atoms with Crippen LogP contribution in [0.3, 0.4) is 0 Å². The molecule has 1 N–H and O–H groups in total. The average molecular weight is 419 g/mol. The van der Waals surface area contributed by atoms with Crippen molar-refractivity contribution in [3.8, 4) is 0 Å². The van der Waals surface area contributed by atoms with Crippen molar-refractivity contribution in [1.29, 1.82) is 0 Å². The summed E-state index contributed by atoms with van der Waals surface area (Å²) >= 11 is 0. The molecule has 0 bridgehead atoms. The number of rotatable bonds is 4. The average Bonchev–Trinajstić information content (AvgIpc) is 3.09. The van der Waals surface area contributed by atoms with E-state index in [2.05, 4.69) is 10.5 Å². The number of aryl methyl sites for hydroxylation is 1. The van der Waals surface area contributed by atoms with Crippen LogP contribution in [-0.2, 0) is 22.1 Å². The second-order valence-electron chi connectivity index (χ2n) is 7.18. The first-order valence-electron chi connectivity index (χ1n) is 9.50. The fourth-order valence-corrected chi connectivity index (χ4v) is 3.47. The van der Waals surface area contributed by atoms with Crippen LogP contribution in [0.25, 0.3) is 11.0 Å². The first kappa shape index (κ1) is 20.2. The summed E-state index contributed by atoms with van der Waals surface area (Å²) in [5.41, 5.74) is 1.79. The first-order valence-corrected chi connectivity index (χ1v) is 9.50. The number of ether oxygens (including phenoxy) is 1. The number of morpholine rings is 1. The number of hydrogen-bond donors (Lipinski definition) is 1. The minimum absolute atomic E-state index is 0.112. The van der Waals surface area contributed by atoms with Gasteiger partial charge in [-0.1, -0.05) is 16.8 Å². The molecule has 0 spiro atoms. The minimum Gasteiger partial charge on any atom is -0.378 e. The van der Waals surface area contributed by atoms with E-state index in [1.54, 1.807) is 6.07 Å². The summed E-state index contributed by atoms with van der Waals surface area (Å²) in [6, 6.07) is 8.87. The third-order valence-corrected chi connectivity index (χ3v) is 4.98. The molecule has 1 fully saturated rings. The molecule has 0 radical (unpaired) electrons. The van der Waals surface area contributed by atoms with Gasteiger partial charge in [-0.3, -0.25) is 4.79 Å². The lowest BCUT2D eigenvalue weighted by Gasteiger charge is -2.31. The number of halogens is 3. The Balaban J connectivity index is 1.61. The Labute approximate surface area is 170 Å². The molecule has 1 aliphatic rings. The van der Waals surface area contributed by atoms with Crippen molar-refractivity contribution in [2.75, 3.05) is 36.5 Å². The molecule has 30 heavy (non-hydrogen) atoms. The molecule has 3 aromatic rings. The fraction of sp³-hybridized carbons (Fsp3) is 0.333. The highest BCUT2D eigenvalue weighted by molar-refractivity contribution is 5.97. The van der Waals surface area contributed by atoms with Crippen LogP contribution < -0.4 is 10.2 Å². The maximum absolute atomic E-state index is 13.2. The number of anilines is 2. The van der Waals surface area contributed by atoms with Crippen molar-refractivity contribution in [3.63, 3.8) is 0 Å². The van der Waals surface area contributed by atoms with E-state index in [9.17, 15) is 18.0 Å². The lowest BCUT2D eigenvalue weighted by atomic mass is 10.1. The summed E-state index contributed by atoms with van der Waals surface area (Å²) in [6.07, 6.45) is -4.63. The summed E-state index contributed by atoms with van der Waals surface area (Å²) < 4.78 is 50.2. The van der Waals surface area contributed by atoms with Gasteiger partial charge in [-0.15, -0.1) is 0 Å². The highest BCUT2D eigenvalue weighted by Gasteiger charge is 2.32. The van der Waals surface area contributed by atoms with E-state index in [-0.39, 0.29) is 12.1 Å². The van der Waals surface area contributed by atoms with Crippen LogP contribution in [0.4, 0.5) is 24.5 Å². The number of amides is 1. The smallest absolute Gasteiger partial charge is 0.378 e. The van der Waals surface area contributed by atoms with Gasteiger partial charge in [-0.05, 0) is 37.3 Å². The molecule has 1 aromatic heterocycles. The van der Waals surface area contributed by atoms with Gasteiger partial charge < -0.3 is 19.5 Å². The highest BCUT2D eigenvalue weighted by Crippen LogP contribution is 2.36. The zero-order valence-corrected chi connectivity index (χ0v) is 16.3. The highest BCUT2D eigenvalue weighted by atomic mass is 19.4. The topological polar surface area (TPSA) is 67.6 Å². The second-order valence-corrected chi connectivity index (χ2v) is 7.18. The zero-order chi connectivity index (χ0) is 21.3. The van der Waals surface area contributed by atoms with Gasteiger partial charge in [-0.25, -0.2) is 0 Å². The molecule has 0 atom stereocenters. The van der Waals surface area contributed by atoms with Gasteiger partial charge in [0.15, 0.2) is 5.58 Å². The quantitative estimate of drug-likeness (QED) is 0.688. The molecule has 1 amide bonds. The molecule has 1 aliphatic heterocycles. The van der Waals surface area contributed by atoms with Crippen molar-refractivity contribution in [3.05, 3.63) is 53.2 Å². The molecule has 0 aliphatic carbocycles. The van der Waals surface area contributed by atoms with Crippen molar-refractivity contribution < 1.29 is 27.2 Å². The third-order valence-electron chi connectivity index (χ3n) is 4.98. The Hall–Kier alpha value is -3.07. The van der Waals surface area contributed by atoms with Gasteiger partial charge >= 0.3 is 6.18 Å². The number of benzene rings is 2. The van der Waals surface area contributed by atoms with E-state index in [4.69, 9.17) is 9.26 Å². The van der Waals surface area contributed by atoms with Crippen LogP contribution in [0.1, 0.15) is 16.8 Å². The molecule has 6 nitrogen and oxygen atoms in total. The Morgan fingerprint density at radius 2 is 1.93 bits per heavy atom. The molecule has 9 heteroatoms. The molecule has 158 valence electrons. The Morgan fingerprint density at radius 3 is 2.67 bits per heavy atom. The molecule has 2 heterocycles. The summed E-state index contributed by atoms with van der Waals surface area (Å²) in [6.45, 7) is 3.91. The summed E-state index contributed by atoms with van der Waals surface area (Å²) in [4.78, 5) is 14.6. The molecule has 2 aromatic carbocycles. The summed E-state index contributed by atoms with van der Waals surface area (Å²) in [5, 5.41) is 7.29. The monoisotopic (exact) mass is 419 g/mol. The van der Waals surface area contributed by atoms with Crippen molar-refractivity contribution >= 4 is 28.3 Å². The molecule has 0 unspecified atom stereocenters. The number of hydrogen-bond acceptors (Lipinski definition) is 5. The zero-order valence-electron chi connectivity index (χ0n) is 16.3. The number of fused-ring (bicyclic) bond motifs is 1. The lowest BCUT2D eigenvalue weighted by Crippen LogP contribution is -2.37. The van der Waals surface area contributed by atoms with Crippen LogP contribution in [0, 0.1) is 6.92 Å². The van der Waals surface area contributed by atoms with Gasteiger partial charge in [0, 0.05) is 18.5 Å². The number of carbonyl (C=O) groups excluding carboxylic acids is 1. The van der Waals surface area contributed by atoms with Gasteiger partial charge in [0.1, 0.15) is 5.69 Å². The van der Waals surface area contributed by atoms with Crippen LogP contribution in [-0.4, -0.2) is 37.4 Å². The Kier molecular flexibility index (Phi) is 5.38. The lowest BCUT2D eigenvalue weighted by molar-refractivity contribution is -0.137. The predicted molar refractivity (Wildman–Crippen MR) is 106 cm³/mol. The van der Waals surface area contributed by atoms with Gasteiger partial charge in [0.2, 0.25) is 5.91 Å². The number of nitrogens with zero attached hydrogens (tertiary/aromatic N) is 2. The van der Waals surface area contributed by atoms with E-state index in [1.807, 2.05) is 24.0 Å². The van der Waals surface area contributed by atoms with Gasteiger partial charge in [-0.2, -0.15) is 13.2 Å². The SMILES string of the molecule is Cc1ccc2onc(CC(=O)Nc3cc(C(F)(F)F)ccc3N3CCOCC3)c2c1. The van der Waals surface area contributed by atoms with Crippen LogP contribution in [0.5, 0.6) is 0 Å². The third kappa shape index (κ3) is 4.25. The molecular weight excluding hydrogens is 399 g/mol. The normalized spacial score (nSPS) is 14.9. The Bertz CT molecular complexity index is 1070. The van der Waals surface area contributed by atoms with Crippen molar-refractivity contribution in [1.82, 2.24) is 5.16 Å². The van der Waals surface area contributed by atoms with Gasteiger partial charge in [0.25, 0.3) is 0 Å². The van der Waals surface area contributed by atoms with Crippen LogP contribution in [0.2, 0.25) is 0 Å². The standard InChI is InChI=1S/C21H20F3N3O3/c1-13-2-5-19-15(10-13)16(26-30-19)12-20(28)25-17-11-14(21(22,23)24)3-4-18(17)27-6-8-29-9-7-27/h2-5,10-11H,6-9,12H2,1H3,(H,25,28). The number of alkyl halides is 3. The maximum Gasteiger partial charge on any atom is 0.416 e. The molecule has 0 saturated carbocycles. The molecule has 4 rings (SSSR count). The second kappa shape index (κ2) is 7.98. The van der Waals surface area contributed by atoms with Crippen LogP contribution >= 0.6 is 0 Å². The number of carbonyl (C=O) groups is 1. The summed E-state index contributed by atoms with van der Waals surface area (Å²) in [5.74, 6) is -0.472. The van der Waals surface area contributed by atoms with Crippen molar-refractivity contribution in [2.24, 2.45) is 0 Å². The first-order chi connectivity index (χ1) is 14.3. The predicted octanol–water partition coefficient (Wildman–Crippen LogP) is 4.17. The maximum atomic E-state index is 13.2. The molecule has 1 saturated heterocycles. The largest absolute Gasteiger partial charge is 0.416 e. The summed E-state index contributed by atoms with van der Waals surface area (Å²) in [7, 11) is 0. The number of aromatic nitrogens is 1. The fourth-order valence-electron chi connectivity index (χ4n) is 3.47. The van der Waals surface area contributed by atoms with E-state index in [1.165, 1.54) is 6.07 Å². The van der Waals surface area contributed by atoms with E-state index in [0.717, 1.165) is 17.7 Å². The van der Waals surface area contributed by atoms with Crippen LogP contribution in [0.15, 0.2) is 40.9 Å². The van der Waals surface area contributed by atoms with E-state index in [0.29, 0.717) is 48.7 Å². The van der Waals surface area contributed by atoms with E-state index < -0.39 is 17.6 Å². The minimum atomic E-state index is -4.51. The van der Waals surface area contributed by atoms with E-state index >= 15 is 0 Å². The molecular formula is C21H20F3N3O3. The Morgan fingerprint density at radius 1 is 1.17 bits per heavy atom.